The summed E-state index contributed by atoms with van der Waals surface area (Å²) in [6, 6.07) is 53.7. The average Bonchev–Trinajstić information content (AvgIpc) is 3.67. The zero-order chi connectivity index (χ0) is 30.9. The van der Waals surface area contributed by atoms with Crippen LogP contribution in [0, 0.1) is 0 Å². The fraction of sp³-hybridized carbons (Fsp3) is 0. The molecule has 218 valence electrons. The van der Waals surface area contributed by atoms with Gasteiger partial charge in [0, 0.05) is 36.9 Å². The molecule has 0 fully saturated rings. The maximum atomic E-state index is 4.99. The number of aromatic nitrogens is 3. The Balaban J connectivity index is 1.15. The van der Waals surface area contributed by atoms with Crippen LogP contribution in [0.2, 0.25) is 0 Å². The molecule has 0 spiro atoms. The van der Waals surface area contributed by atoms with Gasteiger partial charge in [-0.15, -0.1) is 11.3 Å². The van der Waals surface area contributed by atoms with Crippen molar-refractivity contribution in [3.63, 3.8) is 0 Å². The number of thiophene rings is 1. The predicted molar refractivity (Wildman–Crippen MR) is 196 cm³/mol. The second-order valence-corrected chi connectivity index (χ2v) is 13.1. The molecule has 1 aliphatic carbocycles. The molecule has 0 atom stereocenters. The molecule has 0 N–H and O–H groups in total. The van der Waals surface area contributed by atoms with E-state index in [1.54, 1.807) is 0 Å². The van der Waals surface area contributed by atoms with E-state index in [1.165, 1.54) is 58.8 Å². The molecule has 0 bridgehead atoms. The van der Waals surface area contributed by atoms with Gasteiger partial charge in [0.05, 0.1) is 0 Å². The molecule has 9 aromatic rings. The molecule has 4 heteroatoms. The quantitative estimate of drug-likeness (QED) is 0.198. The number of rotatable bonds is 4. The Bertz CT molecular complexity index is 2610. The van der Waals surface area contributed by atoms with Gasteiger partial charge in [0.25, 0.3) is 0 Å². The molecule has 0 amide bonds. The Labute approximate surface area is 275 Å². The van der Waals surface area contributed by atoms with E-state index in [2.05, 4.69) is 91.0 Å². The van der Waals surface area contributed by atoms with Crippen molar-refractivity contribution in [1.82, 2.24) is 15.0 Å². The van der Waals surface area contributed by atoms with Gasteiger partial charge in [0.15, 0.2) is 17.5 Å². The largest absolute Gasteiger partial charge is 0.208 e. The van der Waals surface area contributed by atoms with E-state index in [9.17, 15) is 0 Å². The third-order valence-corrected chi connectivity index (χ3v) is 10.4. The highest BCUT2D eigenvalue weighted by atomic mass is 32.1. The lowest BCUT2D eigenvalue weighted by atomic mass is 9.95. The molecule has 0 saturated carbocycles. The van der Waals surface area contributed by atoms with E-state index in [0.29, 0.717) is 17.5 Å². The minimum Gasteiger partial charge on any atom is -0.208 e. The normalized spacial score (nSPS) is 11.8. The minimum absolute atomic E-state index is 0.658. The van der Waals surface area contributed by atoms with Crippen LogP contribution in [0.15, 0.2) is 152 Å². The molecule has 2 aromatic heterocycles. The first kappa shape index (κ1) is 26.3. The van der Waals surface area contributed by atoms with Crippen LogP contribution in [0.4, 0.5) is 0 Å². The third-order valence-electron chi connectivity index (χ3n) is 9.25. The lowest BCUT2D eigenvalue weighted by Crippen LogP contribution is -2.00. The number of fused-ring (bicyclic) bond motifs is 6. The zero-order valence-corrected chi connectivity index (χ0v) is 26.0. The van der Waals surface area contributed by atoms with Crippen LogP contribution in [0.3, 0.4) is 0 Å². The second-order valence-electron chi connectivity index (χ2n) is 12.0. The molecule has 2 heterocycles. The summed E-state index contributed by atoms with van der Waals surface area (Å²) >= 11 is 1.87. The van der Waals surface area contributed by atoms with Crippen LogP contribution in [0.25, 0.3) is 98.5 Å². The molecular weight excluding hydrogens is 591 g/mol. The predicted octanol–water partition coefficient (Wildman–Crippen LogP) is 11.7. The molecule has 0 saturated heterocycles. The molecule has 10 rings (SSSR count). The summed E-state index contributed by atoms with van der Waals surface area (Å²) < 4.78 is 2.60. The summed E-state index contributed by atoms with van der Waals surface area (Å²) in [4.78, 5) is 14.9. The van der Waals surface area contributed by atoms with E-state index >= 15 is 0 Å². The second kappa shape index (κ2) is 10.3. The summed E-state index contributed by atoms with van der Waals surface area (Å²) in [7, 11) is 0. The van der Waals surface area contributed by atoms with Crippen LogP contribution >= 0.6 is 11.3 Å². The Morgan fingerprint density at radius 2 is 0.872 bits per heavy atom. The maximum absolute atomic E-state index is 4.99. The van der Waals surface area contributed by atoms with E-state index < -0.39 is 0 Å². The highest BCUT2D eigenvalue weighted by Crippen LogP contribution is 2.51. The highest BCUT2D eigenvalue weighted by molar-refractivity contribution is 7.26. The first-order chi connectivity index (χ1) is 23.3. The van der Waals surface area contributed by atoms with Crippen molar-refractivity contribution >= 4 is 42.3 Å². The van der Waals surface area contributed by atoms with Gasteiger partial charge in [0.2, 0.25) is 0 Å². The maximum Gasteiger partial charge on any atom is 0.164 e. The molecule has 0 unspecified atom stereocenters. The molecule has 3 nitrogen and oxygen atoms in total. The monoisotopic (exact) mass is 615 g/mol. The average molecular weight is 616 g/mol. The first-order valence-corrected chi connectivity index (χ1v) is 16.6. The van der Waals surface area contributed by atoms with E-state index in [-0.39, 0.29) is 0 Å². The topological polar surface area (TPSA) is 38.7 Å². The van der Waals surface area contributed by atoms with Gasteiger partial charge in [0.1, 0.15) is 0 Å². The minimum atomic E-state index is 0.658. The molecule has 0 aliphatic heterocycles. The van der Waals surface area contributed by atoms with Crippen molar-refractivity contribution in [3.8, 4) is 67.5 Å². The summed E-state index contributed by atoms with van der Waals surface area (Å²) in [6.45, 7) is 0. The molecule has 7 aromatic carbocycles. The van der Waals surface area contributed by atoms with Gasteiger partial charge in [-0.3, -0.25) is 0 Å². The summed E-state index contributed by atoms with van der Waals surface area (Å²) in [5.74, 6) is 1.98. The molecule has 1 aliphatic rings. The van der Waals surface area contributed by atoms with Crippen molar-refractivity contribution in [1.29, 1.82) is 0 Å². The first-order valence-electron chi connectivity index (χ1n) is 15.8. The number of hydrogen-bond donors (Lipinski definition) is 0. The Morgan fingerprint density at radius 1 is 0.340 bits per heavy atom. The van der Waals surface area contributed by atoms with Crippen LogP contribution in [0.5, 0.6) is 0 Å². The highest BCUT2D eigenvalue weighted by Gasteiger charge is 2.23. The fourth-order valence-corrected chi connectivity index (χ4v) is 8.26. The van der Waals surface area contributed by atoms with Gasteiger partial charge < -0.3 is 0 Å². The number of nitrogens with zero attached hydrogens (tertiary/aromatic N) is 3. The van der Waals surface area contributed by atoms with E-state index in [1.807, 2.05) is 72.0 Å². The number of hydrogen-bond acceptors (Lipinski definition) is 4. The van der Waals surface area contributed by atoms with Gasteiger partial charge in [-0.25, -0.2) is 15.0 Å². The van der Waals surface area contributed by atoms with Crippen LogP contribution in [0.1, 0.15) is 0 Å². The standard InChI is InChI=1S/C43H25N3S/c1-3-11-27(12-4-1)41-44-42(28-13-5-2-6-14-28)46-43(45-41)30-18-7-17-29(23-30)31-19-10-22-37-40(31)36-24-34-32-20-8-15-26-16-9-21-33(39(26)32)35(34)25-38(36)47-37/h1-25H. The Kier molecular flexibility index (Phi) is 5.74. The molecule has 47 heavy (non-hydrogen) atoms. The van der Waals surface area contributed by atoms with E-state index in [4.69, 9.17) is 15.0 Å². The van der Waals surface area contributed by atoms with Crippen LogP contribution in [-0.4, -0.2) is 15.0 Å². The summed E-state index contributed by atoms with van der Waals surface area (Å²) in [6.07, 6.45) is 0. The number of benzene rings is 7. The van der Waals surface area contributed by atoms with Crippen LogP contribution in [-0.2, 0) is 0 Å². The van der Waals surface area contributed by atoms with Crippen molar-refractivity contribution < 1.29 is 0 Å². The lowest BCUT2D eigenvalue weighted by Gasteiger charge is -2.10. The summed E-state index contributed by atoms with van der Waals surface area (Å²) in [5.41, 5.74) is 10.5. The smallest absolute Gasteiger partial charge is 0.164 e. The van der Waals surface area contributed by atoms with Gasteiger partial charge in [-0.2, -0.15) is 0 Å². The van der Waals surface area contributed by atoms with Crippen molar-refractivity contribution in [2.75, 3.05) is 0 Å². The van der Waals surface area contributed by atoms with Crippen molar-refractivity contribution in [2.24, 2.45) is 0 Å². The fourth-order valence-electron chi connectivity index (χ4n) is 7.11. The molecule has 0 radical (unpaired) electrons. The van der Waals surface area contributed by atoms with Gasteiger partial charge in [-0.05, 0) is 68.4 Å². The Hall–Kier alpha value is -5.97. The molecular formula is C43H25N3S. The third kappa shape index (κ3) is 4.16. The van der Waals surface area contributed by atoms with Crippen LogP contribution < -0.4 is 0 Å². The van der Waals surface area contributed by atoms with Crippen molar-refractivity contribution in [3.05, 3.63) is 152 Å². The zero-order valence-electron chi connectivity index (χ0n) is 25.2. The lowest BCUT2D eigenvalue weighted by molar-refractivity contribution is 1.07. The van der Waals surface area contributed by atoms with E-state index in [0.717, 1.165) is 22.3 Å². The SMILES string of the molecule is c1ccc(-c2nc(-c3ccccc3)nc(-c3cccc(-c4cccc5sc6cc7c(cc6c45)-c4cccc5cccc-7c45)c3)n2)cc1. The van der Waals surface area contributed by atoms with Gasteiger partial charge >= 0.3 is 0 Å². The van der Waals surface area contributed by atoms with Crippen molar-refractivity contribution in [2.45, 2.75) is 0 Å². The van der Waals surface area contributed by atoms with Gasteiger partial charge in [-0.1, -0.05) is 127 Å². The Morgan fingerprint density at radius 3 is 1.55 bits per heavy atom. The summed E-state index contributed by atoms with van der Waals surface area (Å²) in [5, 5.41) is 5.25.